The van der Waals surface area contributed by atoms with Crippen LogP contribution < -0.4 is 0 Å². The van der Waals surface area contributed by atoms with E-state index in [9.17, 15) is 0 Å². The van der Waals surface area contributed by atoms with E-state index in [0.29, 0.717) is 0 Å². The lowest BCUT2D eigenvalue weighted by molar-refractivity contribution is 0.223. The maximum atomic E-state index is 4.58. The molecule has 0 aliphatic heterocycles. The number of rotatable bonds is 8. The van der Waals surface area contributed by atoms with E-state index in [-0.39, 0.29) is 0 Å². The molecule has 0 atom stereocenters. The number of benzene rings is 1. The van der Waals surface area contributed by atoms with Crippen LogP contribution in [0.5, 0.6) is 0 Å². The van der Waals surface area contributed by atoms with Crippen molar-refractivity contribution in [1.29, 1.82) is 0 Å². The van der Waals surface area contributed by atoms with Crippen molar-refractivity contribution in [3.8, 4) is 11.4 Å². The topological polar surface area (TPSA) is 60.9 Å². The second-order valence-corrected chi connectivity index (χ2v) is 7.27. The zero-order valence-electron chi connectivity index (χ0n) is 16.6. The molecule has 27 heavy (non-hydrogen) atoms. The first kappa shape index (κ1) is 19.2. The van der Waals surface area contributed by atoms with Crippen molar-refractivity contribution in [3.63, 3.8) is 0 Å². The van der Waals surface area contributed by atoms with Gasteiger partial charge in [0.05, 0.1) is 12.0 Å². The highest BCUT2D eigenvalue weighted by atomic mass is 15.2. The third kappa shape index (κ3) is 5.45. The van der Waals surface area contributed by atoms with Gasteiger partial charge in [0.2, 0.25) is 0 Å². The van der Waals surface area contributed by atoms with Crippen LogP contribution in [0.15, 0.2) is 43.0 Å². The van der Waals surface area contributed by atoms with Gasteiger partial charge in [-0.3, -0.25) is 4.90 Å². The quantitative estimate of drug-likeness (QED) is 0.666. The third-order valence-electron chi connectivity index (χ3n) is 4.56. The predicted octanol–water partition coefficient (Wildman–Crippen LogP) is 3.05. The summed E-state index contributed by atoms with van der Waals surface area (Å²) in [5.74, 6) is 0.769. The number of aryl methyl sites for hydroxylation is 2. The Hall–Kier alpha value is -2.57. The second kappa shape index (κ2) is 8.88. The number of hydrogen-bond donors (Lipinski definition) is 1. The molecule has 6 heteroatoms. The van der Waals surface area contributed by atoms with E-state index in [1.54, 1.807) is 6.33 Å². The van der Waals surface area contributed by atoms with Gasteiger partial charge in [-0.1, -0.05) is 23.8 Å². The van der Waals surface area contributed by atoms with Crippen LogP contribution in [0.1, 0.15) is 22.5 Å². The minimum atomic E-state index is 0.769. The minimum absolute atomic E-state index is 0.769. The van der Waals surface area contributed by atoms with Crippen molar-refractivity contribution >= 4 is 0 Å². The first-order valence-electron chi connectivity index (χ1n) is 9.25. The lowest BCUT2D eigenvalue weighted by Crippen LogP contribution is -2.31. The van der Waals surface area contributed by atoms with E-state index in [4.69, 9.17) is 0 Å². The van der Waals surface area contributed by atoms with Crippen molar-refractivity contribution in [1.82, 2.24) is 29.7 Å². The summed E-state index contributed by atoms with van der Waals surface area (Å²) in [5.41, 5.74) is 5.59. The van der Waals surface area contributed by atoms with Crippen LogP contribution in [0.2, 0.25) is 0 Å². The molecule has 0 aliphatic rings. The molecule has 0 radical (unpaired) electrons. The Labute approximate surface area is 161 Å². The molecule has 1 aromatic carbocycles. The molecule has 2 aromatic heterocycles. The fourth-order valence-corrected chi connectivity index (χ4v) is 2.94. The lowest BCUT2D eigenvalue weighted by Gasteiger charge is -2.23. The Morgan fingerprint density at radius 3 is 2.37 bits per heavy atom. The number of aromatic amines is 1. The monoisotopic (exact) mass is 364 g/mol. The number of imidazole rings is 1. The summed E-state index contributed by atoms with van der Waals surface area (Å²) < 4.78 is 0. The summed E-state index contributed by atoms with van der Waals surface area (Å²) in [7, 11) is 4.19. The van der Waals surface area contributed by atoms with Crippen LogP contribution in [-0.4, -0.2) is 56.9 Å². The SMILES string of the molecule is Cc1cccc(-c2ncc(CN(CCN(C)C)Cc3nc[nH]c3C)cn2)c1. The number of nitrogens with one attached hydrogen (secondary N) is 1. The van der Waals surface area contributed by atoms with E-state index in [1.807, 2.05) is 24.5 Å². The fraction of sp³-hybridized carbons (Fsp3) is 0.381. The fourth-order valence-electron chi connectivity index (χ4n) is 2.94. The highest BCUT2D eigenvalue weighted by molar-refractivity contribution is 5.55. The normalized spacial score (nSPS) is 11.5. The molecular formula is C21H28N6. The Bertz CT molecular complexity index is 853. The van der Waals surface area contributed by atoms with E-state index in [0.717, 1.165) is 54.5 Å². The smallest absolute Gasteiger partial charge is 0.159 e. The van der Waals surface area contributed by atoms with Crippen LogP contribution in [0.4, 0.5) is 0 Å². The molecular weight excluding hydrogens is 336 g/mol. The van der Waals surface area contributed by atoms with Gasteiger partial charge < -0.3 is 9.88 Å². The zero-order chi connectivity index (χ0) is 19.2. The van der Waals surface area contributed by atoms with Crippen molar-refractivity contribution in [2.75, 3.05) is 27.2 Å². The summed E-state index contributed by atoms with van der Waals surface area (Å²) in [6, 6.07) is 8.28. The van der Waals surface area contributed by atoms with Crippen molar-refractivity contribution in [2.24, 2.45) is 0 Å². The number of H-pyrrole nitrogens is 1. The molecule has 0 saturated heterocycles. The number of aromatic nitrogens is 4. The molecule has 0 spiro atoms. The van der Waals surface area contributed by atoms with Gasteiger partial charge in [-0.05, 0) is 34.0 Å². The molecule has 0 unspecified atom stereocenters. The highest BCUT2D eigenvalue weighted by Crippen LogP contribution is 2.16. The molecule has 3 aromatic rings. The first-order valence-corrected chi connectivity index (χ1v) is 9.25. The standard InChI is InChI=1S/C21H28N6/c1-16-6-5-7-19(10-16)21-22-11-18(12-23-21)13-27(9-8-26(3)4)14-20-17(2)24-15-25-20/h5-7,10-12,15H,8-9,13-14H2,1-4H3,(H,24,25). The van der Waals surface area contributed by atoms with Crippen molar-refractivity contribution in [3.05, 3.63) is 65.5 Å². The third-order valence-corrected chi connectivity index (χ3v) is 4.56. The minimum Gasteiger partial charge on any atom is -0.348 e. The summed E-state index contributed by atoms with van der Waals surface area (Å²) in [6.45, 7) is 7.70. The molecule has 1 N–H and O–H groups in total. The van der Waals surface area contributed by atoms with Crippen molar-refractivity contribution < 1.29 is 0 Å². The van der Waals surface area contributed by atoms with Gasteiger partial charge in [-0.2, -0.15) is 0 Å². The predicted molar refractivity (Wildman–Crippen MR) is 108 cm³/mol. The molecule has 0 bridgehead atoms. The molecule has 0 aliphatic carbocycles. The molecule has 0 saturated carbocycles. The average molecular weight is 364 g/mol. The average Bonchev–Trinajstić information content (AvgIpc) is 3.05. The molecule has 2 heterocycles. The lowest BCUT2D eigenvalue weighted by atomic mass is 10.1. The van der Waals surface area contributed by atoms with Gasteiger partial charge >= 0.3 is 0 Å². The van der Waals surface area contributed by atoms with E-state index in [1.165, 1.54) is 5.56 Å². The largest absolute Gasteiger partial charge is 0.348 e. The van der Waals surface area contributed by atoms with Gasteiger partial charge in [0.15, 0.2) is 5.82 Å². The van der Waals surface area contributed by atoms with Gasteiger partial charge in [-0.15, -0.1) is 0 Å². The molecule has 0 amide bonds. The summed E-state index contributed by atoms with van der Waals surface area (Å²) >= 11 is 0. The second-order valence-electron chi connectivity index (χ2n) is 7.27. The van der Waals surface area contributed by atoms with Crippen LogP contribution in [0, 0.1) is 13.8 Å². The molecule has 142 valence electrons. The highest BCUT2D eigenvalue weighted by Gasteiger charge is 2.12. The number of likely N-dealkylation sites (N-methyl/N-ethyl adjacent to an activating group) is 1. The van der Waals surface area contributed by atoms with Crippen LogP contribution in [0.25, 0.3) is 11.4 Å². The Morgan fingerprint density at radius 2 is 1.74 bits per heavy atom. The molecule has 3 rings (SSSR count). The summed E-state index contributed by atoms with van der Waals surface area (Å²) in [6.07, 6.45) is 5.63. The summed E-state index contributed by atoms with van der Waals surface area (Å²) in [5, 5.41) is 0. The van der Waals surface area contributed by atoms with Gasteiger partial charge in [0.1, 0.15) is 0 Å². The Balaban J connectivity index is 1.71. The van der Waals surface area contributed by atoms with Crippen LogP contribution in [0.3, 0.4) is 0 Å². The molecule has 0 fully saturated rings. The van der Waals surface area contributed by atoms with Crippen LogP contribution >= 0.6 is 0 Å². The Morgan fingerprint density at radius 1 is 0.963 bits per heavy atom. The van der Waals surface area contributed by atoms with Gasteiger partial charge in [0, 0.05) is 55.4 Å². The summed E-state index contributed by atoms with van der Waals surface area (Å²) in [4.78, 5) is 21.3. The number of hydrogen-bond acceptors (Lipinski definition) is 5. The van der Waals surface area contributed by atoms with Gasteiger partial charge in [-0.25, -0.2) is 15.0 Å². The van der Waals surface area contributed by atoms with Gasteiger partial charge in [0.25, 0.3) is 0 Å². The zero-order valence-corrected chi connectivity index (χ0v) is 16.6. The van der Waals surface area contributed by atoms with Crippen molar-refractivity contribution in [2.45, 2.75) is 26.9 Å². The van der Waals surface area contributed by atoms with E-state index >= 15 is 0 Å². The first-order chi connectivity index (χ1) is 13.0. The maximum absolute atomic E-state index is 4.58. The number of nitrogens with zero attached hydrogens (tertiary/aromatic N) is 5. The van der Waals surface area contributed by atoms with E-state index < -0.39 is 0 Å². The van der Waals surface area contributed by atoms with E-state index in [2.05, 4.69) is 69.8 Å². The Kier molecular flexibility index (Phi) is 6.32. The maximum Gasteiger partial charge on any atom is 0.159 e. The van der Waals surface area contributed by atoms with Crippen LogP contribution in [-0.2, 0) is 13.1 Å². The molecule has 6 nitrogen and oxygen atoms in total.